The van der Waals surface area contributed by atoms with Crippen molar-refractivity contribution >= 4 is 28.6 Å². The third-order valence-electron chi connectivity index (χ3n) is 1.75. The normalized spacial score (nSPS) is 10.2. The summed E-state index contributed by atoms with van der Waals surface area (Å²) in [6, 6.07) is 2.71. The summed E-state index contributed by atoms with van der Waals surface area (Å²) in [6.07, 6.45) is -3.18. The van der Waals surface area contributed by atoms with Crippen LogP contribution >= 0.6 is 22.6 Å². The lowest BCUT2D eigenvalue weighted by molar-refractivity contribution is -0.136. The van der Waals surface area contributed by atoms with Crippen LogP contribution in [0.3, 0.4) is 0 Å². The Bertz CT molecular complexity index is 471. The van der Waals surface area contributed by atoms with Crippen molar-refractivity contribution in [3.8, 4) is 6.07 Å². The van der Waals surface area contributed by atoms with E-state index in [9.17, 15) is 13.6 Å². The van der Waals surface area contributed by atoms with Crippen LogP contribution in [0.25, 0.3) is 0 Å². The molecule has 0 aliphatic rings. The van der Waals surface area contributed by atoms with E-state index < -0.39 is 24.5 Å². The summed E-state index contributed by atoms with van der Waals surface area (Å²) < 4.78 is 25.0. The van der Waals surface area contributed by atoms with Gasteiger partial charge in [0.2, 0.25) is 0 Å². The van der Waals surface area contributed by atoms with Gasteiger partial charge in [0.15, 0.2) is 0 Å². The first-order chi connectivity index (χ1) is 7.45. The molecule has 0 bridgehead atoms. The number of carboxylic acid groups (broad SMARTS) is 1. The van der Waals surface area contributed by atoms with Gasteiger partial charge in [0.1, 0.15) is 17.5 Å². The molecule has 4 nitrogen and oxygen atoms in total. The Hall–Kier alpha value is -1.30. The zero-order chi connectivity index (χ0) is 12.3. The molecule has 0 unspecified atom stereocenters. The van der Waals surface area contributed by atoms with E-state index in [1.165, 1.54) is 0 Å². The molecule has 0 spiro atoms. The van der Waals surface area contributed by atoms with E-state index >= 15 is 0 Å². The van der Waals surface area contributed by atoms with Gasteiger partial charge in [-0.25, -0.2) is 13.8 Å². The van der Waals surface area contributed by atoms with Gasteiger partial charge in [0.25, 0.3) is 6.43 Å². The molecule has 16 heavy (non-hydrogen) atoms. The van der Waals surface area contributed by atoms with Gasteiger partial charge in [0, 0.05) is 9.13 Å². The fourth-order valence-corrected chi connectivity index (χ4v) is 1.85. The Labute approximate surface area is 103 Å². The highest BCUT2D eigenvalue weighted by atomic mass is 127. The van der Waals surface area contributed by atoms with Crippen LogP contribution in [-0.4, -0.2) is 16.1 Å². The molecule has 0 saturated carbocycles. The van der Waals surface area contributed by atoms with Gasteiger partial charge < -0.3 is 5.11 Å². The monoisotopic (exact) mass is 338 g/mol. The van der Waals surface area contributed by atoms with E-state index in [4.69, 9.17) is 10.4 Å². The van der Waals surface area contributed by atoms with Crippen molar-refractivity contribution in [2.45, 2.75) is 12.8 Å². The van der Waals surface area contributed by atoms with E-state index in [1.54, 1.807) is 28.7 Å². The van der Waals surface area contributed by atoms with Gasteiger partial charge in [-0.05, 0) is 28.7 Å². The molecule has 0 saturated heterocycles. The number of nitrogens with zero attached hydrogens (tertiary/aromatic N) is 2. The van der Waals surface area contributed by atoms with Crippen LogP contribution < -0.4 is 0 Å². The van der Waals surface area contributed by atoms with Crippen LogP contribution in [0, 0.1) is 14.9 Å². The minimum Gasteiger partial charge on any atom is -0.481 e. The second-order valence-corrected chi connectivity index (χ2v) is 4.00. The van der Waals surface area contributed by atoms with Gasteiger partial charge in [-0.2, -0.15) is 5.26 Å². The summed E-state index contributed by atoms with van der Waals surface area (Å²) in [7, 11) is 0. The van der Waals surface area contributed by atoms with Gasteiger partial charge in [-0.3, -0.25) is 4.79 Å². The highest BCUT2D eigenvalue weighted by Crippen LogP contribution is 2.23. The Balaban J connectivity index is 3.30. The summed E-state index contributed by atoms with van der Waals surface area (Å²) in [4.78, 5) is 13.9. The zero-order valence-electron chi connectivity index (χ0n) is 7.75. The molecule has 0 atom stereocenters. The second kappa shape index (κ2) is 5.16. The van der Waals surface area contributed by atoms with E-state index in [0.29, 0.717) is 3.57 Å². The van der Waals surface area contributed by atoms with Gasteiger partial charge >= 0.3 is 5.97 Å². The predicted molar refractivity (Wildman–Crippen MR) is 58.0 cm³/mol. The van der Waals surface area contributed by atoms with Crippen LogP contribution in [0.5, 0.6) is 0 Å². The lowest BCUT2D eigenvalue weighted by Crippen LogP contribution is -2.08. The Morgan fingerprint density at radius 3 is 2.75 bits per heavy atom. The standard InChI is InChI=1S/C9H5F2IN2O2/c10-9(11)6-2-5(12)4(1-8(15)16)7(3-13)14-6/h2,9H,1H2,(H,15,16). The molecule has 0 amide bonds. The summed E-state index contributed by atoms with van der Waals surface area (Å²) in [6.45, 7) is 0. The molecule has 1 aromatic rings. The first kappa shape index (κ1) is 12.8. The molecule has 0 aliphatic carbocycles. The Morgan fingerprint density at radius 2 is 2.31 bits per heavy atom. The van der Waals surface area contributed by atoms with E-state index in [2.05, 4.69) is 4.98 Å². The maximum Gasteiger partial charge on any atom is 0.307 e. The summed E-state index contributed by atoms with van der Waals surface area (Å²) in [5.41, 5.74) is -0.611. The molecule has 7 heteroatoms. The second-order valence-electron chi connectivity index (χ2n) is 2.84. The van der Waals surface area contributed by atoms with Crippen molar-refractivity contribution in [3.05, 3.63) is 26.6 Å². The first-order valence-corrected chi connectivity index (χ1v) is 5.13. The van der Waals surface area contributed by atoms with Crippen LogP contribution in [0.2, 0.25) is 0 Å². The number of nitriles is 1. The Kier molecular flexibility index (Phi) is 4.12. The first-order valence-electron chi connectivity index (χ1n) is 4.05. The number of halogens is 3. The predicted octanol–water partition coefficient (Wildman–Crippen LogP) is 2.12. The Morgan fingerprint density at radius 1 is 1.69 bits per heavy atom. The SMILES string of the molecule is N#Cc1nc(C(F)F)cc(I)c1CC(=O)O. The van der Waals surface area contributed by atoms with Crippen LogP contribution in [0.15, 0.2) is 6.07 Å². The maximum atomic E-state index is 12.4. The average molecular weight is 338 g/mol. The van der Waals surface area contributed by atoms with Crippen molar-refractivity contribution in [1.29, 1.82) is 5.26 Å². The number of aliphatic carboxylic acids is 1. The molecular formula is C9H5F2IN2O2. The van der Waals surface area contributed by atoms with Crippen LogP contribution in [0.1, 0.15) is 23.4 Å². The number of pyridine rings is 1. The average Bonchev–Trinajstić information content (AvgIpc) is 2.19. The zero-order valence-corrected chi connectivity index (χ0v) is 9.90. The summed E-state index contributed by atoms with van der Waals surface area (Å²) >= 11 is 1.71. The molecule has 1 N–H and O–H groups in total. The third kappa shape index (κ3) is 2.85. The lowest BCUT2D eigenvalue weighted by atomic mass is 10.1. The number of carboxylic acids is 1. The molecule has 1 heterocycles. The fraction of sp³-hybridized carbons (Fsp3) is 0.222. The summed E-state index contributed by atoms with van der Waals surface area (Å²) in [5.74, 6) is -1.14. The van der Waals surface area contributed by atoms with E-state index in [-0.39, 0.29) is 11.3 Å². The van der Waals surface area contributed by atoms with Gasteiger partial charge in [0.05, 0.1) is 6.42 Å². The molecule has 0 aliphatic heterocycles. The number of aromatic nitrogens is 1. The van der Waals surface area contributed by atoms with Crippen LogP contribution in [0.4, 0.5) is 8.78 Å². The van der Waals surface area contributed by atoms with E-state index in [0.717, 1.165) is 6.07 Å². The smallest absolute Gasteiger partial charge is 0.307 e. The van der Waals surface area contributed by atoms with Crippen molar-refractivity contribution in [2.75, 3.05) is 0 Å². The van der Waals surface area contributed by atoms with Gasteiger partial charge in [-0.1, -0.05) is 0 Å². The number of rotatable bonds is 3. The number of hydrogen-bond acceptors (Lipinski definition) is 3. The molecular weight excluding hydrogens is 333 g/mol. The topological polar surface area (TPSA) is 74.0 Å². The highest BCUT2D eigenvalue weighted by molar-refractivity contribution is 14.1. The minimum atomic E-state index is -2.78. The van der Waals surface area contributed by atoms with Gasteiger partial charge in [-0.15, -0.1) is 0 Å². The lowest BCUT2D eigenvalue weighted by Gasteiger charge is -2.06. The van der Waals surface area contributed by atoms with E-state index in [1.807, 2.05) is 0 Å². The number of carbonyl (C=O) groups is 1. The van der Waals surface area contributed by atoms with Crippen LogP contribution in [-0.2, 0) is 11.2 Å². The summed E-state index contributed by atoms with van der Waals surface area (Å²) in [5, 5.41) is 17.3. The molecule has 0 aromatic carbocycles. The molecule has 84 valence electrons. The largest absolute Gasteiger partial charge is 0.481 e. The molecule has 1 aromatic heterocycles. The van der Waals surface area contributed by atoms with Crippen molar-refractivity contribution in [1.82, 2.24) is 4.98 Å². The quantitative estimate of drug-likeness (QED) is 0.857. The van der Waals surface area contributed by atoms with Crippen molar-refractivity contribution in [3.63, 3.8) is 0 Å². The minimum absolute atomic E-state index is 0.167. The fourth-order valence-electron chi connectivity index (χ4n) is 1.08. The highest BCUT2D eigenvalue weighted by Gasteiger charge is 2.17. The maximum absolute atomic E-state index is 12.4. The molecule has 0 fully saturated rings. The number of hydrogen-bond donors (Lipinski definition) is 1. The van der Waals surface area contributed by atoms with Crippen molar-refractivity contribution < 1.29 is 18.7 Å². The molecule has 1 rings (SSSR count). The molecule has 0 radical (unpaired) electrons. The number of alkyl halides is 2. The van der Waals surface area contributed by atoms with Crippen molar-refractivity contribution in [2.24, 2.45) is 0 Å². The third-order valence-corrected chi connectivity index (χ3v) is 2.71.